The van der Waals surface area contributed by atoms with Gasteiger partial charge in [-0.2, -0.15) is 0 Å². The third kappa shape index (κ3) is 2.80. The minimum Gasteiger partial charge on any atom is -0.494 e. The van der Waals surface area contributed by atoms with Crippen molar-refractivity contribution in [3.05, 3.63) is 89.2 Å². The molecule has 4 heteroatoms. The molecule has 0 fully saturated rings. The SMILES string of the molecule is COC1=C(C=C(c2ccccc2)c2ccccc2)C(=O)C1(OC)OC. The van der Waals surface area contributed by atoms with Crippen molar-refractivity contribution in [3.8, 4) is 0 Å². The number of allylic oxidation sites excluding steroid dienone is 1. The molecule has 0 heterocycles. The second-order valence-corrected chi connectivity index (χ2v) is 5.59. The van der Waals surface area contributed by atoms with Crippen LogP contribution in [0.3, 0.4) is 0 Å². The molecule has 2 aromatic rings. The third-order valence-corrected chi connectivity index (χ3v) is 4.32. The molecule has 0 unspecified atom stereocenters. The molecule has 0 N–H and O–H groups in total. The van der Waals surface area contributed by atoms with Crippen LogP contribution < -0.4 is 0 Å². The summed E-state index contributed by atoms with van der Waals surface area (Å²) in [5, 5.41) is 0. The smallest absolute Gasteiger partial charge is 0.294 e. The zero-order valence-corrected chi connectivity index (χ0v) is 14.5. The molecule has 0 radical (unpaired) electrons. The molecule has 128 valence electrons. The van der Waals surface area contributed by atoms with E-state index in [0.717, 1.165) is 16.7 Å². The average Bonchev–Trinajstić information content (AvgIpc) is 2.68. The Morgan fingerprint density at radius 2 is 1.32 bits per heavy atom. The van der Waals surface area contributed by atoms with E-state index >= 15 is 0 Å². The van der Waals surface area contributed by atoms with Crippen molar-refractivity contribution >= 4 is 11.4 Å². The first kappa shape index (κ1) is 17.1. The fraction of sp³-hybridized carbons (Fsp3) is 0.190. The first-order valence-corrected chi connectivity index (χ1v) is 7.94. The molecule has 3 rings (SSSR count). The van der Waals surface area contributed by atoms with Crippen molar-refractivity contribution in [1.82, 2.24) is 0 Å². The maximum Gasteiger partial charge on any atom is 0.294 e. The molecule has 25 heavy (non-hydrogen) atoms. The summed E-state index contributed by atoms with van der Waals surface area (Å²) in [4.78, 5) is 12.7. The van der Waals surface area contributed by atoms with Crippen molar-refractivity contribution in [3.63, 3.8) is 0 Å². The molecular weight excluding hydrogens is 316 g/mol. The molecule has 0 amide bonds. The fourth-order valence-electron chi connectivity index (χ4n) is 3.04. The number of ether oxygens (including phenoxy) is 3. The van der Waals surface area contributed by atoms with Gasteiger partial charge in [-0.05, 0) is 22.8 Å². The van der Waals surface area contributed by atoms with Gasteiger partial charge < -0.3 is 14.2 Å². The molecule has 0 aliphatic heterocycles. The highest BCUT2D eigenvalue weighted by molar-refractivity contribution is 6.14. The van der Waals surface area contributed by atoms with E-state index < -0.39 is 5.79 Å². The van der Waals surface area contributed by atoms with Gasteiger partial charge in [0.1, 0.15) is 0 Å². The number of hydrogen-bond acceptors (Lipinski definition) is 4. The third-order valence-electron chi connectivity index (χ3n) is 4.32. The van der Waals surface area contributed by atoms with Crippen molar-refractivity contribution < 1.29 is 19.0 Å². The Balaban J connectivity index is 2.16. The summed E-state index contributed by atoms with van der Waals surface area (Å²) in [5.74, 6) is -1.32. The summed E-state index contributed by atoms with van der Waals surface area (Å²) in [5.41, 5.74) is 3.40. The Bertz CT molecular complexity index is 774. The van der Waals surface area contributed by atoms with Crippen LogP contribution in [0.4, 0.5) is 0 Å². The molecule has 0 bridgehead atoms. The van der Waals surface area contributed by atoms with Gasteiger partial charge in [0.05, 0.1) is 12.7 Å². The van der Waals surface area contributed by atoms with Gasteiger partial charge in [0, 0.05) is 14.2 Å². The largest absolute Gasteiger partial charge is 0.494 e. The van der Waals surface area contributed by atoms with Crippen LogP contribution in [0.2, 0.25) is 0 Å². The first-order chi connectivity index (χ1) is 12.2. The van der Waals surface area contributed by atoms with E-state index in [1.54, 1.807) is 0 Å². The number of Topliss-reactive ketones (excluding diaryl/α,β-unsaturated/α-hetero) is 1. The summed E-state index contributed by atoms with van der Waals surface area (Å²) in [6.07, 6.45) is 1.84. The Hall–Kier alpha value is -2.69. The van der Waals surface area contributed by atoms with Gasteiger partial charge in [0.2, 0.25) is 5.78 Å². The normalized spacial score (nSPS) is 15.6. The monoisotopic (exact) mass is 336 g/mol. The highest BCUT2D eigenvalue weighted by Gasteiger charge is 2.56. The van der Waals surface area contributed by atoms with Crippen LogP contribution in [0.15, 0.2) is 78.1 Å². The Morgan fingerprint density at radius 1 is 0.840 bits per heavy atom. The molecule has 4 nitrogen and oxygen atoms in total. The van der Waals surface area contributed by atoms with Crippen molar-refractivity contribution in [2.45, 2.75) is 5.79 Å². The van der Waals surface area contributed by atoms with E-state index in [-0.39, 0.29) is 5.78 Å². The molecule has 0 saturated heterocycles. The van der Waals surface area contributed by atoms with Gasteiger partial charge in [0.15, 0.2) is 5.76 Å². The van der Waals surface area contributed by atoms with Crippen LogP contribution in [0.5, 0.6) is 0 Å². The van der Waals surface area contributed by atoms with Crippen LogP contribution in [0, 0.1) is 0 Å². The predicted octanol–water partition coefficient (Wildman–Crippen LogP) is 3.59. The van der Waals surface area contributed by atoms with Gasteiger partial charge in [0.25, 0.3) is 5.79 Å². The second kappa shape index (κ2) is 7.05. The minimum absolute atomic E-state index is 0.251. The van der Waals surface area contributed by atoms with Gasteiger partial charge in [-0.15, -0.1) is 0 Å². The van der Waals surface area contributed by atoms with Gasteiger partial charge in [-0.25, -0.2) is 0 Å². The average molecular weight is 336 g/mol. The van der Waals surface area contributed by atoms with Crippen LogP contribution in [-0.4, -0.2) is 32.9 Å². The molecule has 0 spiro atoms. The first-order valence-electron chi connectivity index (χ1n) is 7.94. The standard InChI is InChI=1S/C21H20O4/c1-23-20-18(19(22)21(20,24-2)25-3)14-17(15-10-6-4-7-11-15)16-12-8-5-9-13-16/h4-14H,1-3H3. The van der Waals surface area contributed by atoms with E-state index in [2.05, 4.69) is 0 Å². The summed E-state index contributed by atoms with van der Waals surface area (Å²) in [6, 6.07) is 19.8. The van der Waals surface area contributed by atoms with Crippen molar-refractivity contribution in [2.24, 2.45) is 0 Å². The Morgan fingerprint density at radius 3 is 1.72 bits per heavy atom. The summed E-state index contributed by atoms with van der Waals surface area (Å²) < 4.78 is 16.0. The maximum absolute atomic E-state index is 12.7. The summed E-state index contributed by atoms with van der Waals surface area (Å²) in [7, 11) is 4.36. The number of carbonyl (C=O) groups is 1. The number of methoxy groups -OCH3 is 3. The predicted molar refractivity (Wildman–Crippen MR) is 95.8 cm³/mol. The van der Waals surface area contributed by atoms with Crippen LogP contribution >= 0.6 is 0 Å². The minimum atomic E-state index is -1.45. The highest BCUT2D eigenvalue weighted by Crippen LogP contribution is 2.41. The highest BCUT2D eigenvalue weighted by atomic mass is 16.7. The lowest BCUT2D eigenvalue weighted by Gasteiger charge is -2.38. The quantitative estimate of drug-likeness (QED) is 0.756. The Labute approximate surface area is 147 Å². The molecule has 0 aromatic heterocycles. The van der Waals surface area contributed by atoms with Crippen LogP contribution in [0.25, 0.3) is 5.57 Å². The van der Waals surface area contributed by atoms with E-state index in [1.807, 2.05) is 66.7 Å². The van der Waals surface area contributed by atoms with Crippen molar-refractivity contribution in [1.29, 1.82) is 0 Å². The van der Waals surface area contributed by atoms with Gasteiger partial charge in [-0.1, -0.05) is 60.7 Å². The molecule has 0 saturated carbocycles. The lowest BCUT2D eigenvalue weighted by Crippen LogP contribution is -2.54. The van der Waals surface area contributed by atoms with E-state index in [0.29, 0.717) is 11.3 Å². The molecule has 2 aromatic carbocycles. The lowest BCUT2D eigenvalue weighted by molar-refractivity contribution is -0.210. The van der Waals surface area contributed by atoms with E-state index in [4.69, 9.17) is 14.2 Å². The number of carbonyl (C=O) groups excluding carboxylic acids is 1. The van der Waals surface area contributed by atoms with Gasteiger partial charge in [-0.3, -0.25) is 4.79 Å². The molecule has 0 atom stereocenters. The number of hydrogen-bond donors (Lipinski definition) is 0. The van der Waals surface area contributed by atoms with E-state index in [9.17, 15) is 4.79 Å². The van der Waals surface area contributed by atoms with Gasteiger partial charge >= 0.3 is 0 Å². The maximum atomic E-state index is 12.7. The molecular formula is C21H20O4. The molecule has 1 aliphatic carbocycles. The topological polar surface area (TPSA) is 44.8 Å². The second-order valence-electron chi connectivity index (χ2n) is 5.59. The number of benzene rings is 2. The van der Waals surface area contributed by atoms with Crippen LogP contribution in [0.1, 0.15) is 11.1 Å². The number of rotatable bonds is 6. The van der Waals surface area contributed by atoms with Crippen LogP contribution in [-0.2, 0) is 19.0 Å². The zero-order chi connectivity index (χ0) is 17.9. The summed E-state index contributed by atoms with van der Waals surface area (Å²) >= 11 is 0. The zero-order valence-electron chi connectivity index (χ0n) is 14.5. The number of ketones is 1. The fourth-order valence-corrected chi connectivity index (χ4v) is 3.04. The van der Waals surface area contributed by atoms with Crippen molar-refractivity contribution in [2.75, 3.05) is 21.3 Å². The molecule has 1 aliphatic rings. The lowest BCUT2D eigenvalue weighted by atomic mass is 9.83. The Kier molecular flexibility index (Phi) is 4.83. The summed E-state index contributed by atoms with van der Waals surface area (Å²) in [6.45, 7) is 0. The van der Waals surface area contributed by atoms with E-state index in [1.165, 1.54) is 21.3 Å².